The van der Waals surface area contributed by atoms with Gasteiger partial charge in [0.15, 0.2) is 11.5 Å². The van der Waals surface area contributed by atoms with Crippen molar-refractivity contribution in [3.63, 3.8) is 0 Å². The molecule has 9 heteroatoms. The van der Waals surface area contributed by atoms with Crippen molar-refractivity contribution in [2.45, 2.75) is 19.3 Å². The number of aromatic nitrogens is 3. The van der Waals surface area contributed by atoms with Crippen LogP contribution in [0.3, 0.4) is 0 Å². The number of ether oxygens (including phenoxy) is 3. The second kappa shape index (κ2) is 10.3. The lowest BCUT2D eigenvalue weighted by atomic mass is 10.1. The lowest BCUT2D eigenvalue weighted by Crippen LogP contribution is -2.26. The molecule has 0 spiro atoms. The minimum atomic E-state index is -0.561. The molecule has 1 amide bonds. The van der Waals surface area contributed by atoms with Crippen LogP contribution in [0.2, 0.25) is 0 Å². The van der Waals surface area contributed by atoms with Crippen molar-refractivity contribution in [1.29, 1.82) is 0 Å². The van der Waals surface area contributed by atoms with Crippen molar-refractivity contribution < 1.29 is 23.4 Å². The van der Waals surface area contributed by atoms with Crippen molar-refractivity contribution in [3.05, 3.63) is 79.2 Å². The van der Waals surface area contributed by atoms with Crippen LogP contribution in [-0.2, 0) is 4.79 Å². The third-order valence-corrected chi connectivity index (χ3v) is 6.38. The van der Waals surface area contributed by atoms with Gasteiger partial charge in [-0.05, 0) is 55.8 Å². The number of halogens is 1. The maximum Gasteiger partial charge on any atom is 0.245 e. The SMILES string of the molecule is C=CC(=O)N1CC[C@@H](c2nc(-c3ccc(Oc4cccc(OC)c4F)cc3)c3cncc(OCC)n23)C1. The molecular weight excluding hydrogens is 475 g/mol. The Balaban J connectivity index is 1.50. The number of likely N-dealkylation sites (tertiary alicyclic amines) is 1. The molecule has 0 radical (unpaired) electrons. The highest BCUT2D eigenvalue weighted by Gasteiger charge is 2.31. The number of carbonyl (C=O) groups is 1. The molecule has 1 fully saturated rings. The van der Waals surface area contributed by atoms with Crippen LogP contribution in [-0.4, -0.2) is 52.0 Å². The Bertz CT molecular complexity index is 1450. The van der Waals surface area contributed by atoms with Crippen LogP contribution in [0.15, 0.2) is 67.5 Å². The maximum absolute atomic E-state index is 14.5. The lowest BCUT2D eigenvalue weighted by Gasteiger charge is -2.14. The number of hydrogen-bond acceptors (Lipinski definition) is 6. The second-order valence-corrected chi connectivity index (χ2v) is 8.59. The van der Waals surface area contributed by atoms with Crippen molar-refractivity contribution in [1.82, 2.24) is 19.3 Å². The Hall–Kier alpha value is -4.40. The highest BCUT2D eigenvalue weighted by atomic mass is 19.1. The summed E-state index contributed by atoms with van der Waals surface area (Å²) in [6.45, 7) is 7.19. The number of amides is 1. The quantitative estimate of drug-likeness (QED) is 0.307. The molecule has 3 heterocycles. The first-order valence-corrected chi connectivity index (χ1v) is 12.0. The van der Waals surface area contributed by atoms with Crippen LogP contribution < -0.4 is 14.2 Å². The van der Waals surface area contributed by atoms with Gasteiger partial charge in [-0.1, -0.05) is 12.6 Å². The van der Waals surface area contributed by atoms with Gasteiger partial charge in [-0.3, -0.25) is 14.2 Å². The Morgan fingerprint density at radius 1 is 1.19 bits per heavy atom. The first-order valence-electron chi connectivity index (χ1n) is 12.0. The molecule has 5 rings (SSSR count). The number of carbonyl (C=O) groups excluding carboxylic acids is 1. The van der Waals surface area contributed by atoms with Gasteiger partial charge in [-0.15, -0.1) is 0 Å². The molecule has 1 saturated heterocycles. The van der Waals surface area contributed by atoms with E-state index >= 15 is 0 Å². The summed E-state index contributed by atoms with van der Waals surface area (Å²) in [7, 11) is 1.41. The van der Waals surface area contributed by atoms with Crippen molar-refractivity contribution in [2.75, 3.05) is 26.8 Å². The van der Waals surface area contributed by atoms with E-state index in [9.17, 15) is 9.18 Å². The molecule has 0 N–H and O–H groups in total. The molecule has 0 aliphatic carbocycles. The summed E-state index contributed by atoms with van der Waals surface area (Å²) in [5.41, 5.74) is 2.37. The zero-order valence-corrected chi connectivity index (χ0v) is 20.7. The van der Waals surface area contributed by atoms with Gasteiger partial charge in [-0.2, -0.15) is 4.39 Å². The van der Waals surface area contributed by atoms with Crippen LogP contribution in [0.4, 0.5) is 4.39 Å². The standard InChI is InChI=1S/C28H27FN4O4/c1-4-24(34)32-14-13-19(17-32)28-31-27(21-15-30-16-25(33(21)28)36-5-2)18-9-11-20(12-10-18)37-23-8-6-7-22(35-3)26(23)29/h4,6-12,15-16,19H,1,5,13-14,17H2,2-3H3/t19-/m1/s1. The molecule has 190 valence electrons. The van der Waals surface area contributed by atoms with Crippen molar-refractivity contribution >= 4 is 11.4 Å². The number of hydrogen-bond donors (Lipinski definition) is 0. The van der Waals surface area contributed by atoms with Gasteiger partial charge in [0.2, 0.25) is 17.6 Å². The number of nitrogens with zero attached hydrogens (tertiary/aromatic N) is 4. The fraction of sp³-hybridized carbons (Fsp3) is 0.250. The molecule has 1 aliphatic rings. The van der Waals surface area contributed by atoms with E-state index in [1.807, 2.05) is 23.5 Å². The minimum Gasteiger partial charge on any atom is -0.494 e. The van der Waals surface area contributed by atoms with Crippen molar-refractivity contribution in [3.8, 4) is 34.4 Å². The molecule has 1 aliphatic heterocycles. The van der Waals surface area contributed by atoms with Gasteiger partial charge in [0.25, 0.3) is 0 Å². The van der Waals surface area contributed by atoms with E-state index in [4.69, 9.17) is 19.2 Å². The average molecular weight is 503 g/mol. The van der Waals surface area contributed by atoms with E-state index in [0.29, 0.717) is 31.3 Å². The molecule has 37 heavy (non-hydrogen) atoms. The molecule has 2 aromatic carbocycles. The molecule has 1 atom stereocenters. The van der Waals surface area contributed by atoms with E-state index in [2.05, 4.69) is 11.6 Å². The third-order valence-electron chi connectivity index (χ3n) is 6.38. The summed E-state index contributed by atoms with van der Waals surface area (Å²) >= 11 is 0. The predicted octanol–water partition coefficient (Wildman–Crippen LogP) is 5.24. The Morgan fingerprint density at radius 2 is 1.97 bits per heavy atom. The number of methoxy groups -OCH3 is 1. The third kappa shape index (κ3) is 4.60. The molecule has 0 bridgehead atoms. The van der Waals surface area contributed by atoms with Crippen LogP contribution in [0.5, 0.6) is 23.1 Å². The van der Waals surface area contributed by atoms with E-state index < -0.39 is 5.82 Å². The van der Waals surface area contributed by atoms with E-state index in [1.165, 1.54) is 19.3 Å². The van der Waals surface area contributed by atoms with Gasteiger partial charge in [0, 0.05) is 24.6 Å². The topological polar surface area (TPSA) is 78.2 Å². The Kier molecular flexibility index (Phi) is 6.76. The zero-order chi connectivity index (χ0) is 25.9. The van der Waals surface area contributed by atoms with E-state index in [1.54, 1.807) is 41.6 Å². The summed E-state index contributed by atoms with van der Waals surface area (Å²) < 4.78 is 33.2. The molecule has 2 aromatic heterocycles. The number of fused-ring (bicyclic) bond motifs is 1. The average Bonchev–Trinajstić information content (AvgIpc) is 3.56. The smallest absolute Gasteiger partial charge is 0.245 e. The first-order chi connectivity index (χ1) is 18.0. The van der Waals surface area contributed by atoms with Gasteiger partial charge in [0.05, 0.1) is 37.3 Å². The predicted molar refractivity (Wildman–Crippen MR) is 137 cm³/mol. The monoisotopic (exact) mass is 502 g/mol. The fourth-order valence-corrected chi connectivity index (χ4v) is 4.60. The minimum absolute atomic E-state index is 0.0328. The van der Waals surface area contributed by atoms with Crippen LogP contribution in [0.1, 0.15) is 25.1 Å². The second-order valence-electron chi connectivity index (χ2n) is 8.59. The summed E-state index contributed by atoms with van der Waals surface area (Å²) in [5.74, 6) is 1.46. The largest absolute Gasteiger partial charge is 0.494 e. The number of imidazole rings is 1. The van der Waals surface area contributed by atoms with E-state index in [0.717, 1.165) is 29.0 Å². The first kappa shape index (κ1) is 24.3. The summed E-state index contributed by atoms with van der Waals surface area (Å²) in [6.07, 6.45) is 5.55. The van der Waals surface area contributed by atoms with Crippen LogP contribution in [0.25, 0.3) is 16.8 Å². The fourth-order valence-electron chi connectivity index (χ4n) is 4.60. The summed E-state index contributed by atoms with van der Waals surface area (Å²) in [5, 5.41) is 0. The number of benzene rings is 2. The van der Waals surface area contributed by atoms with Gasteiger partial charge < -0.3 is 19.1 Å². The van der Waals surface area contributed by atoms with Gasteiger partial charge in [-0.25, -0.2) is 4.98 Å². The normalized spacial score (nSPS) is 15.1. The highest BCUT2D eigenvalue weighted by molar-refractivity contribution is 5.87. The van der Waals surface area contributed by atoms with Crippen LogP contribution >= 0.6 is 0 Å². The molecular formula is C28H27FN4O4. The molecule has 8 nitrogen and oxygen atoms in total. The summed E-state index contributed by atoms with van der Waals surface area (Å²) in [6, 6.07) is 12.0. The Morgan fingerprint density at radius 3 is 2.70 bits per heavy atom. The molecule has 4 aromatic rings. The Labute approximate surface area is 213 Å². The van der Waals surface area contributed by atoms with E-state index in [-0.39, 0.29) is 23.3 Å². The molecule has 0 unspecified atom stereocenters. The number of rotatable bonds is 8. The van der Waals surface area contributed by atoms with Gasteiger partial charge in [0.1, 0.15) is 11.6 Å². The highest BCUT2D eigenvalue weighted by Crippen LogP contribution is 2.36. The lowest BCUT2D eigenvalue weighted by molar-refractivity contribution is -0.125. The zero-order valence-electron chi connectivity index (χ0n) is 20.7. The maximum atomic E-state index is 14.5. The van der Waals surface area contributed by atoms with Crippen LogP contribution in [0, 0.1) is 5.82 Å². The summed E-state index contributed by atoms with van der Waals surface area (Å²) in [4.78, 5) is 23.3. The van der Waals surface area contributed by atoms with Crippen molar-refractivity contribution in [2.24, 2.45) is 0 Å². The van der Waals surface area contributed by atoms with Gasteiger partial charge >= 0.3 is 0 Å². The molecule has 0 saturated carbocycles.